The summed E-state index contributed by atoms with van der Waals surface area (Å²) in [5, 5.41) is 11.1. The molecule has 0 saturated carbocycles. The molecule has 1 aliphatic rings. The van der Waals surface area contributed by atoms with Crippen LogP contribution in [-0.4, -0.2) is 61.0 Å². The highest BCUT2D eigenvalue weighted by atomic mass is 35.5. The van der Waals surface area contributed by atoms with Gasteiger partial charge in [-0.05, 0) is 49.2 Å². The first-order valence-corrected chi connectivity index (χ1v) is 10.6. The summed E-state index contributed by atoms with van der Waals surface area (Å²) in [6, 6.07) is 14.3. The second-order valence-electron chi connectivity index (χ2n) is 7.34. The van der Waals surface area contributed by atoms with Gasteiger partial charge < -0.3 is 19.3 Å². The Bertz CT molecular complexity index is 813. The third-order valence-electron chi connectivity index (χ3n) is 4.79. The molecule has 7 heteroatoms. The predicted octanol–water partition coefficient (Wildman–Crippen LogP) is 3.80. The molecule has 0 spiro atoms. The molecule has 1 saturated heterocycles. The zero-order valence-electron chi connectivity index (χ0n) is 17.1. The Balaban J connectivity index is 1.45. The summed E-state index contributed by atoms with van der Waals surface area (Å²) in [6.45, 7) is 4.45. The van der Waals surface area contributed by atoms with Gasteiger partial charge in [0.25, 0.3) is 0 Å². The maximum absolute atomic E-state index is 12.2. The molecular weight excluding hydrogens is 406 g/mol. The van der Waals surface area contributed by atoms with Crippen molar-refractivity contribution in [3.63, 3.8) is 0 Å². The largest absolute Gasteiger partial charge is 0.490 e. The fraction of sp³-hybridized carbons (Fsp3) is 0.435. The summed E-state index contributed by atoms with van der Waals surface area (Å²) in [4.78, 5) is 14.3. The van der Waals surface area contributed by atoms with Crippen LogP contribution in [0.3, 0.4) is 0 Å². The smallest absolute Gasteiger partial charge is 0.341 e. The fourth-order valence-electron chi connectivity index (χ4n) is 3.34. The lowest BCUT2D eigenvalue weighted by molar-refractivity contribution is 0.0486. The number of halogens is 1. The van der Waals surface area contributed by atoms with Gasteiger partial charge in [0, 0.05) is 24.7 Å². The molecule has 30 heavy (non-hydrogen) atoms. The maximum Gasteiger partial charge on any atom is 0.341 e. The van der Waals surface area contributed by atoms with E-state index in [0.717, 1.165) is 31.7 Å². The number of β-amino-alcohol motifs (C(OH)–C–C–N with tert-alkyl or cyclic N) is 1. The lowest BCUT2D eigenvalue weighted by Crippen LogP contribution is -2.35. The summed E-state index contributed by atoms with van der Waals surface area (Å²) in [5.74, 6) is 0.799. The number of benzene rings is 2. The minimum absolute atomic E-state index is 0.0772. The van der Waals surface area contributed by atoms with Gasteiger partial charge in [-0.15, -0.1) is 0 Å². The summed E-state index contributed by atoms with van der Waals surface area (Å²) < 4.78 is 16.9. The zero-order chi connectivity index (χ0) is 21.3. The number of carbonyl (C=O) groups excluding carboxylic acids is 1. The summed E-state index contributed by atoms with van der Waals surface area (Å²) in [7, 11) is 0. The number of carbonyl (C=O) groups is 1. The second-order valence-corrected chi connectivity index (χ2v) is 7.78. The van der Waals surface area contributed by atoms with Crippen molar-refractivity contribution in [1.29, 1.82) is 0 Å². The average Bonchev–Trinajstić information content (AvgIpc) is 3.19. The lowest BCUT2D eigenvalue weighted by atomic mass is 10.2. The van der Waals surface area contributed by atoms with Gasteiger partial charge in [-0.2, -0.15) is 0 Å². The van der Waals surface area contributed by atoms with Gasteiger partial charge in [0.2, 0.25) is 0 Å². The van der Waals surface area contributed by atoms with Gasteiger partial charge in [0.05, 0.1) is 6.61 Å². The molecule has 2 unspecified atom stereocenters. The number of esters is 1. The molecular formula is C23H28ClNO5. The van der Waals surface area contributed by atoms with Crippen LogP contribution in [0.2, 0.25) is 5.02 Å². The van der Waals surface area contributed by atoms with Crippen molar-refractivity contribution in [3.05, 3.63) is 59.1 Å². The van der Waals surface area contributed by atoms with Gasteiger partial charge in [0.1, 0.15) is 35.9 Å². The Hall–Kier alpha value is -2.28. The number of aliphatic hydroxyl groups is 1. The van der Waals surface area contributed by atoms with Gasteiger partial charge in [0.15, 0.2) is 0 Å². The van der Waals surface area contributed by atoms with Crippen LogP contribution < -0.4 is 9.47 Å². The highest BCUT2D eigenvalue weighted by molar-refractivity contribution is 6.30. The van der Waals surface area contributed by atoms with E-state index in [1.54, 1.807) is 36.4 Å². The predicted molar refractivity (Wildman–Crippen MR) is 115 cm³/mol. The van der Waals surface area contributed by atoms with E-state index in [2.05, 4.69) is 4.90 Å². The van der Waals surface area contributed by atoms with E-state index in [0.29, 0.717) is 29.5 Å². The first-order valence-electron chi connectivity index (χ1n) is 10.3. The fourth-order valence-corrected chi connectivity index (χ4v) is 3.46. The Morgan fingerprint density at radius 3 is 2.77 bits per heavy atom. The van der Waals surface area contributed by atoms with E-state index in [1.807, 2.05) is 19.1 Å². The highest BCUT2D eigenvalue weighted by Gasteiger charge is 2.26. The number of aliphatic hydroxyl groups excluding tert-OH is 1. The molecule has 162 valence electrons. The number of hydrogen-bond acceptors (Lipinski definition) is 6. The number of nitrogens with zero attached hydrogens (tertiary/aromatic N) is 1. The van der Waals surface area contributed by atoms with E-state index in [1.165, 1.54) is 0 Å². The minimum atomic E-state index is -0.681. The van der Waals surface area contributed by atoms with Crippen molar-refractivity contribution in [3.8, 4) is 11.5 Å². The van der Waals surface area contributed by atoms with Crippen molar-refractivity contribution in [2.24, 2.45) is 0 Å². The Morgan fingerprint density at radius 2 is 2.00 bits per heavy atom. The van der Waals surface area contributed by atoms with Crippen LogP contribution in [0.5, 0.6) is 11.5 Å². The van der Waals surface area contributed by atoms with Crippen LogP contribution in [0, 0.1) is 0 Å². The molecule has 1 fully saturated rings. The molecule has 6 nitrogen and oxygen atoms in total. The topological polar surface area (TPSA) is 68.2 Å². The first kappa shape index (κ1) is 22.4. The molecule has 1 heterocycles. The third kappa shape index (κ3) is 6.62. The Morgan fingerprint density at radius 1 is 1.23 bits per heavy atom. The molecule has 2 aromatic carbocycles. The number of hydrogen-bond donors (Lipinski definition) is 1. The van der Waals surface area contributed by atoms with E-state index in [4.69, 9.17) is 25.8 Å². The molecule has 2 atom stereocenters. The molecule has 3 rings (SSSR count). The Kier molecular flexibility index (Phi) is 8.37. The molecule has 1 N–H and O–H groups in total. The second kappa shape index (κ2) is 11.2. The molecule has 0 amide bonds. The number of rotatable bonds is 10. The van der Waals surface area contributed by atoms with Crippen LogP contribution in [0.25, 0.3) is 0 Å². The lowest BCUT2D eigenvalue weighted by Gasteiger charge is -2.21. The minimum Gasteiger partial charge on any atom is -0.490 e. The number of likely N-dealkylation sites (tertiary alicyclic amines) is 1. The van der Waals surface area contributed by atoms with E-state index in [-0.39, 0.29) is 12.7 Å². The van der Waals surface area contributed by atoms with Crippen LogP contribution in [0.1, 0.15) is 30.1 Å². The summed E-state index contributed by atoms with van der Waals surface area (Å²) in [5.41, 5.74) is 0.371. The van der Waals surface area contributed by atoms with Crippen LogP contribution in [0.4, 0.5) is 0 Å². The molecule has 0 radical (unpaired) electrons. The van der Waals surface area contributed by atoms with Crippen molar-refractivity contribution >= 4 is 17.6 Å². The van der Waals surface area contributed by atoms with Crippen LogP contribution >= 0.6 is 11.6 Å². The van der Waals surface area contributed by atoms with Gasteiger partial charge in [-0.3, -0.25) is 4.90 Å². The number of ether oxygens (including phenoxy) is 3. The summed E-state index contributed by atoms with van der Waals surface area (Å²) >= 11 is 5.90. The normalized spacial score (nSPS) is 17.5. The molecule has 0 aromatic heterocycles. The zero-order valence-corrected chi connectivity index (χ0v) is 17.9. The van der Waals surface area contributed by atoms with Gasteiger partial charge in [-0.25, -0.2) is 4.79 Å². The standard InChI is InChI=1S/C23H28ClNO5/c1-2-13-28-23(27)21-5-3-4-6-22(21)29-16-18(26)14-25-12-11-20(15-25)30-19-9-7-17(24)8-10-19/h3-10,18,20,26H,2,11-16H2,1H3. The first-order chi connectivity index (χ1) is 14.5. The number of para-hydroxylation sites is 1. The van der Waals surface area contributed by atoms with Crippen molar-refractivity contribution in [2.45, 2.75) is 32.0 Å². The van der Waals surface area contributed by atoms with Crippen LogP contribution in [0.15, 0.2) is 48.5 Å². The SMILES string of the molecule is CCCOC(=O)c1ccccc1OCC(O)CN1CCC(Oc2ccc(Cl)cc2)C1. The van der Waals surface area contributed by atoms with Crippen molar-refractivity contribution < 1.29 is 24.1 Å². The molecule has 2 aromatic rings. The van der Waals surface area contributed by atoms with E-state index in [9.17, 15) is 9.90 Å². The monoisotopic (exact) mass is 433 g/mol. The quantitative estimate of drug-likeness (QED) is 0.575. The molecule has 0 bridgehead atoms. The van der Waals surface area contributed by atoms with Crippen LogP contribution in [-0.2, 0) is 4.74 Å². The Labute approximate surface area is 182 Å². The van der Waals surface area contributed by atoms with Gasteiger partial charge >= 0.3 is 5.97 Å². The van der Waals surface area contributed by atoms with Gasteiger partial charge in [-0.1, -0.05) is 30.7 Å². The summed E-state index contributed by atoms with van der Waals surface area (Å²) in [6.07, 6.45) is 1.04. The van der Waals surface area contributed by atoms with E-state index >= 15 is 0 Å². The maximum atomic E-state index is 12.2. The van der Waals surface area contributed by atoms with E-state index < -0.39 is 12.1 Å². The highest BCUT2D eigenvalue weighted by Crippen LogP contribution is 2.22. The van der Waals surface area contributed by atoms with Crippen molar-refractivity contribution in [2.75, 3.05) is 32.8 Å². The molecule has 1 aliphatic heterocycles. The third-order valence-corrected chi connectivity index (χ3v) is 5.04. The average molecular weight is 434 g/mol. The molecule has 0 aliphatic carbocycles. The van der Waals surface area contributed by atoms with Crippen molar-refractivity contribution in [1.82, 2.24) is 4.90 Å².